The molecule has 1 saturated carbocycles. The average Bonchev–Trinajstić information content (AvgIpc) is 2.83. The molecular weight excluding hydrogens is 340 g/mol. The number of aliphatic imine (C=N–C) groups is 1. The molecule has 2 atom stereocenters. The van der Waals surface area contributed by atoms with Gasteiger partial charge >= 0.3 is 0 Å². The van der Waals surface area contributed by atoms with E-state index < -0.39 is 0 Å². The molecular formula is C17H26N4O3S. The van der Waals surface area contributed by atoms with Crippen LogP contribution in [0.5, 0.6) is 0 Å². The Kier molecular flexibility index (Phi) is 6.34. The molecule has 0 spiro atoms. The Balaban J connectivity index is 1.36. The lowest BCUT2D eigenvalue weighted by Crippen LogP contribution is -2.49. The summed E-state index contributed by atoms with van der Waals surface area (Å²) >= 11 is 1.70. The van der Waals surface area contributed by atoms with Crippen molar-refractivity contribution in [3.8, 4) is 0 Å². The molecule has 0 aromatic carbocycles. The number of hydrogen-bond acceptors (Lipinski definition) is 5. The van der Waals surface area contributed by atoms with Gasteiger partial charge in [-0.05, 0) is 19.3 Å². The topological polar surface area (TPSA) is 90.9 Å². The zero-order valence-electron chi connectivity index (χ0n) is 14.5. The molecule has 25 heavy (non-hydrogen) atoms. The van der Waals surface area contributed by atoms with E-state index in [2.05, 4.69) is 15.6 Å². The Morgan fingerprint density at radius 1 is 1.24 bits per heavy atom. The summed E-state index contributed by atoms with van der Waals surface area (Å²) in [5, 5.41) is 6.86. The smallest absolute Gasteiger partial charge is 0.239 e. The average molecular weight is 366 g/mol. The molecule has 1 saturated heterocycles. The van der Waals surface area contributed by atoms with Crippen molar-refractivity contribution in [2.24, 2.45) is 4.99 Å². The van der Waals surface area contributed by atoms with Gasteiger partial charge in [-0.1, -0.05) is 31.0 Å². The summed E-state index contributed by atoms with van der Waals surface area (Å²) in [4.78, 5) is 41.7. The molecule has 138 valence electrons. The fraction of sp³-hybridized carbons (Fsp3) is 0.765. The van der Waals surface area contributed by atoms with E-state index in [1.54, 1.807) is 16.7 Å². The first-order valence-electron chi connectivity index (χ1n) is 9.20. The summed E-state index contributed by atoms with van der Waals surface area (Å²) in [5.74, 6) is -0.254. The lowest BCUT2D eigenvalue weighted by Gasteiger charge is -2.26. The first-order chi connectivity index (χ1) is 12.1. The molecule has 7 nitrogen and oxygen atoms in total. The van der Waals surface area contributed by atoms with Crippen molar-refractivity contribution in [1.82, 2.24) is 15.5 Å². The maximum atomic E-state index is 12.1. The normalized spacial score (nSPS) is 26.3. The van der Waals surface area contributed by atoms with E-state index in [4.69, 9.17) is 0 Å². The van der Waals surface area contributed by atoms with Gasteiger partial charge in [-0.25, -0.2) is 0 Å². The fourth-order valence-electron chi connectivity index (χ4n) is 3.52. The lowest BCUT2D eigenvalue weighted by molar-refractivity contribution is -0.138. The van der Waals surface area contributed by atoms with Gasteiger partial charge in [0.1, 0.15) is 0 Å². The van der Waals surface area contributed by atoms with Gasteiger partial charge in [0, 0.05) is 31.2 Å². The summed E-state index contributed by atoms with van der Waals surface area (Å²) in [6, 6.07) is 0.356. The molecule has 3 aliphatic rings. The van der Waals surface area contributed by atoms with Crippen molar-refractivity contribution >= 4 is 34.7 Å². The maximum absolute atomic E-state index is 12.1. The number of rotatable bonds is 4. The van der Waals surface area contributed by atoms with Crippen LogP contribution in [0.2, 0.25) is 0 Å². The van der Waals surface area contributed by atoms with Crippen molar-refractivity contribution in [2.45, 2.75) is 62.7 Å². The van der Waals surface area contributed by atoms with Gasteiger partial charge in [0.15, 0.2) is 5.17 Å². The van der Waals surface area contributed by atoms with E-state index in [9.17, 15) is 14.4 Å². The van der Waals surface area contributed by atoms with Gasteiger partial charge < -0.3 is 15.5 Å². The molecule has 0 aromatic heterocycles. The van der Waals surface area contributed by atoms with Crippen LogP contribution >= 0.6 is 11.8 Å². The van der Waals surface area contributed by atoms with Gasteiger partial charge in [0.25, 0.3) is 0 Å². The van der Waals surface area contributed by atoms with Gasteiger partial charge in [0.2, 0.25) is 17.7 Å². The molecule has 2 aliphatic heterocycles. The van der Waals surface area contributed by atoms with Crippen molar-refractivity contribution in [2.75, 3.05) is 19.6 Å². The highest BCUT2D eigenvalue weighted by atomic mass is 32.2. The summed E-state index contributed by atoms with van der Waals surface area (Å²) in [5.41, 5.74) is 0. The van der Waals surface area contributed by atoms with Crippen LogP contribution in [0.3, 0.4) is 0 Å². The van der Waals surface area contributed by atoms with E-state index in [-0.39, 0.29) is 24.3 Å². The summed E-state index contributed by atoms with van der Waals surface area (Å²) < 4.78 is 0. The molecule has 0 radical (unpaired) electrons. The summed E-state index contributed by atoms with van der Waals surface area (Å²) in [6.45, 7) is 1.18. The second-order valence-corrected chi connectivity index (χ2v) is 8.09. The molecule has 2 heterocycles. The first kappa shape index (κ1) is 18.2. The van der Waals surface area contributed by atoms with Crippen LogP contribution in [0.4, 0.5) is 0 Å². The molecule has 8 heteroatoms. The van der Waals surface area contributed by atoms with Gasteiger partial charge in [-0.2, -0.15) is 0 Å². The predicted molar refractivity (Wildman–Crippen MR) is 97.3 cm³/mol. The number of piperazine rings is 1. The summed E-state index contributed by atoms with van der Waals surface area (Å²) in [7, 11) is 0. The molecule has 1 aliphatic carbocycles. The number of carbonyl (C=O) groups excluding carboxylic acids is 3. The number of carbonyl (C=O) groups is 3. The van der Waals surface area contributed by atoms with E-state index in [1.807, 2.05) is 0 Å². The van der Waals surface area contributed by atoms with Gasteiger partial charge in [-0.15, -0.1) is 0 Å². The zero-order chi connectivity index (χ0) is 17.6. The number of thioether (sulfide) groups is 1. The number of nitrogens with zero attached hydrogens (tertiary/aromatic N) is 2. The van der Waals surface area contributed by atoms with Crippen molar-refractivity contribution in [3.05, 3.63) is 0 Å². The Labute approximate surface area is 152 Å². The minimum atomic E-state index is -0.120. The van der Waals surface area contributed by atoms with E-state index >= 15 is 0 Å². The first-order valence-corrected chi connectivity index (χ1v) is 10.1. The van der Waals surface area contributed by atoms with Crippen LogP contribution in [0.1, 0.15) is 51.4 Å². The second kappa shape index (κ2) is 8.69. The maximum Gasteiger partial charge on any atom is 0.239 e. The number of nitrogens with one attached hydrogen (secondary N) is 2. The number of hydrogen-bond donors (Lipinski definition) is 2. The Hall–Kier alpha value is -1.57. The fourth-order valence-corrected chi connectivity index (χ4v) is 4.81. The van der Waals surface area contributed by atoms with E-state index in [0.29, 0.717) is 43.6 Å². The van der Waals surface area contributed by atoms with Crippen LogP contribution in [0, 0.1) is 0 Å². The third-order valence-corrected chi connectivity index (χ3v) is 6.18. The minimum absolute atomic E-state index is 0.0579. The van der Waals surface area contributed by atoms with Gasteiger partial charge in [-0.3, -0.25) is 19.4 Å². The number of amides is 3. The highest BCUT2D eigenvalue weighted by Gasteiger charge is 2.31. The van der Waals surface area contributed by atoms with Crippen LogP contribution in [-0.2, 0) is 14.4 Å². The quantitative estimate of drug-likeness (QED) is 0.778. The molecule has 3 rings (SSSR count). The molecule has 2 fully saturated rings. The zero-order valence-corrected chi connectivity index (χ0v) is 15.3. The molecule has 2 N–H and O–H groups in total. The SMILES string of the molecule is O=C1CN(C(=O)CCCC(=O)NC2=NC3CCCCCC3S2)CCN1. The molecule has 2 unspecified atom stereocenters. The van der Waals surface area contributed by atoms with Crippen molar-refractivity contribution in [3.63, 3.8) is 0 Å². The monoisotopic (exact) mass is 366 g/mol. The van der Waals surface area contributed by atoms with Crippen LogP contribution in [-0.4, -0.2) is 58.7 Å². The van der Waals surface area contributed by atoms with Gasteiger partial charge in [0.05, 0.1) is 12.6 Å². The highest BCUT2D eigenvalue weighted by Crippen LogP contribution is 2.35. The minimum Gasteiger partial charge on any atom is -0.353 e. The largest absolute Gasteiger partial charge is 0.353 e. The van der Waals surface area contributed by atoms with E-state index in [1.165, 1.54) is 25.7 Å². The van der Waals surface area contributed by atoms with Crippen molar-refractivity contribution < 1.29 is 14.4 Å². The van der Waals surface area contributed by atoms with Crippen LogP contribution < -0.4 is 10.6 Å². The molecule has 0 aromatic rings. The standard InChI is InChI=1S/C17H26N4O3S/c22-14(7-4-8-16(24)21-10-9-18-15(23)11-21)20-17-19-12-5-2-1-3-6-13(12)25-17/h12-13H,1-11H2,(H,18,23)(H,19,20,22). The van der Waals surface area contributed by atoms with Crippen LogP contribution in [0.15, 0.2) is 4.99 Å². The third kappa shape index (κ3) is 5.20. The van der Waals surface area contributed by atoms with Crippen molar-refractivity contribution in [1.29, 1.82) is 0 Å². The molecule has 0 bridgehead atoms. The second-order valence-electron chi connectivity index (χ2n) is 6.86. The highest BCUT2D eigenvalue weighted by molar-refractivity contribution is 8.14. The number of amidine groups is 1. The Morgan fingerprint density at radius 3 is 2.92 bits per heavy atom. The predicted octanol–water partition coefficient (Wildman–Crippen LogP) is 1.04. The van der Waals surface area contributed by atoms with E-state index in [0.717, 1.165) is 11.6 Å². The van der Waals surface area contributed by atoms with Crippen LogP contribution in [0.25, 0.3) is 0 Å². The third-order valence-electron chi connectivity index (χ3n) is 4.90. The lowest BCUT2D eigenvalue weighted by atomic mass is 10.1. The Bertz CT molecular complexity index is 566. The summed E-state index contributed by atoms with van der Waals surface area (Å²) in [6.07, 6.45) is 7.16. The Morgan fingerprint density at radius 2 is 2.08 bits per heavy atom. The molecule has 3 amide bonds. The number of fused-ring (bicyclic) bond motifs is 1.